The minimum atomic E-state index is 0.408. The Morgan fingerprint density at radius 2 is 1.88 bits per heavy atom. The summed E-state index contributed by atoms with van der Waals surface area (Å²) in [6, 6.07) is 19.1. The van der Waals surface area contributed by atoms with Gasteiger partial charge in [-0.3, -0.25) is 4.90 Å². The van der Waals surface area contributed by atoms with E-state index in [1.165, 1.54) is 31.2 Å². The molecule has 0 bridgehead atoms. The molecule has 3 heteroatoms. The van der Waals surface area contributed by atoms with Gasteiger partial charge in [-0.1, -0.05) is 43.2 Å². The Labute approximate surface area is 144 Å². The number of ether oxygens (including phenoxy) is 1. The molecule has 1 aliphatic rings. The van der Waals surface area contributed by atoms with Gasteiger partial charge >= 0.3 is 0 Å². The Balaban J connectivity index is 1.85. The second-order valence-electron chi connectivity index (χ2n) is 6.38. The third-order valence-corrected chi connectivity index (χ3v) is 4.88. The van der Waals surface area contributed by atoms with Crippen molar-refractivity contribution in [3.63, 3.8) is 0 Å². The summed E-state index contributed by atoms with van der Waals surface area (Å²) >= 11 is 0. The summed E-state index contributed by atoms with van der Waals surface area (Å²) in [5.41, 5.74) is 3.25. The molecule has 24 heavy (non-hydrogen) atoms. The molecule has 0 spiro atoms. The van der Waals surface area contributed by atoms with Gasteiger partial charge in [-0.25, -0.2) is 0 Å². The predicted octanol–water partition coefficient (Wildman–Crippen LogP) is 4.68. The van der Waals surface area contributed by atoms with Crippen molar-refractivity contribution in [1.82, 2.24) is 4.90 Å². The first-order valence-corrected chi connectivity index (χ1v) is 8.68. The molecule has 2 aromatic carbocycles. The van der Waals surface area contributed by atoms with Crippen LogP contribution < -0.4 is 4.74 Å². The molecule has 1 atom stereocenters. The van der Waals surface area contributed by atoms with Gasteiger partial charge < -0.3 is 4.74 Å². The quantitative estimate of drug-likeness (QED) is 0.820. The van der Waals surface area contributed by atoms with Crippen LogP contribution in [0.2, 0.25) is 0 Å². The van der Waals surface area contributed by atoms with E-state index in [9.17, 15) is 5.26 Å². The summed E-state index contributed by atoms with van der Waals surface area (Å²) in [6.45, 7) is 1.91. The van der Waals surface area contributed by atoms with Crippen LogP contribution in [0.3, 0.4) is 0 Å². The highest BCUT2D eigenvalue weighted by Gasteiger charge is 2.23. The van der Waals surface area contributed by atoms with Crippen LogP contribution in [-0.4, -0.2) is 18.6 Å². The molecule has 0 saturated carbocycles. The number of rotatable bonds is 4. The van der Waals surface area contributed by atoms with Crippen molar-refractivity contribution >= 4 is 0 Å². The average molecular weight is 320 g/mol. The Morgan fingerprint density at radius 1 is 1.08 bits per heavy atom. The smallest absolute Gasteiger partial charge is 0.118 e. The van der Waals surface area contributed by atoms with Gasteiger partial charge in [-0.05, 0) is 48.7 Å². The van der Waals surface area contributed by atoms with Crippen molar-refractivity contribution < 1.29 is 4.74 Å². The predicted molar refractivity (Wildman–Crippen MR) is 95.8 cm³/mol. The van der Waals surface area contributed by atoms with Crippen LogP contribution in [0.1, 0.15) is 48.4 Å². The Hall–Kier alpha value is -2.31. The van der Waals surface area contributed by atoms with Crippen molar-refractivity contribution in [2.24, 2.45) is 0 Å². The maximum absolute atomic E-state index is 9.36. The summed E-state index contributed by atoms with van der Waals surface area (Å²) in [5, 5.41) is 9.36. The van der Waals surface area contributed by atoms with Gasteiger partial charge in [0.25, 0.3) is 0 Å². The lowest BCUT2D eigenvalue weighted by Gasteiger charge is -2.30. The van der Waals surface area contributed by atoms with Crippen LogP contribution in [0.5, 0.6) is 5.75 Å². The third-order valence-electron chi connectivity index (χ3n) is 4.88. The highest BCUT2D eigenvalue weighted by atomic mass is 16.5. The minimum absolute atomic E-state index is 0.408. The first-order chi connectivity index (χ1) is 11.8. The van der Waals surface area contributed by atoms with Gasteiger partial charge in [0, 0.05) is 12.6 Å². The van der Waals surface area contributed by atoms with Crippen molar-refractivity contribution in [3.8, 4) is 11.8 Å². The van der Waals surface area contributed by atoms with E-state index in [0.29, 0.717) is 6.04 Å². The molecule has 124 valence electrons. The SMILES string of the molecule is COc1ccc(C2CCCCCN2Cc2ccccc2C#N)cc1. The zero-order chi connectivity index (χ0) is 16.8. The van der Waals surface area contributed by atoms with E-state index in [1.807, 2.05) is 30.3 Å². The van der Waals surface area contributed by atoms with Gasteiger partial charge in [0.1, 0.15) is 5.75 Å². The lowest BCUT2D eigenvalue weighted by Crippen LogP contribution is -2.28. The molecule has 0 aromatic heterocycles. The van der Waals surface area contributed by atoms with Crippen LogP contribution in [0, 0.1) is 11.3 Å². The molecule has 1 unspecified atom stereocenters. The maximum Gasteiger partial charge on any atom is 0.118 e. The van der Waals surface area contributed by atoms with E-state index >= 15 is 0 Å². The summed E-state index contributed by atoms with van der Waals surface area (Å²) in [7, 11) is 1.70. The number of hydrogen-bond acceptors (Lipinski definition) is 3. The standard InChI is InChI=1S/C21H24N2O/c1-24-20-12-10-17(11-13-20)21-9-3-2-6-14-23(21)16-19-8-5-4-7-18(19)15-22/h4-5,7-8,10-13,21H,2-3,6,9,14,16H2,1H3. The Kier molecular flexibility index (Phi) is 5.51. The molecule has 3 nitrogen and oxygen atoms in total. The normalized spacial score (nSPS) is 18.6. The number of methoxy groups -OCH3 is 1. The lowest BCUT2D eigenvalue weighted by atomic mass is 9.99. The lowest BCUT2D eigenvalue weighted by molar-refractivity contribution is 0.192. The van der Waals surface area contributed by atoms with E-state index < -0.39 is 0 Å². The Morgan fingerprint density at radius 3 is 2.62 bits per heavy atom. The highest BCUT2D eigenvalue weighted by Crippen LogP contribution is 2.32. The van der Waals surface area contributed by atoms with Gasteiger partial charge in [-0.15, -0.1) is 0 Å². The second kappa shape index (κ2) is 7.99. The van der Waals surface area contributed by atoms with Crippen molar-refractivity contribution in [2.45, 2.75) is 38.3 Å². The highest BCUT2D eigenvalue weighted by molar-refractivity contribution is 5.37. The Bertz CT molecular complexity index is 703. The fraction of sp³-hybridized carbons (Fsp3) is 0.381. The minimum Gasteiger partial charge on any atom is -0.497 e. The van der Waals surface area contributed by atoms with E-state index in [4.69, 9.17) is 4.74 Å². The molecular weight excluding hydrogens is 296 g/mol. The number of hydrogen-bond donors (Lipinski definition) is 0. The van der Waals surface area contributed by atoms with Crippen LogP contribution in [-0.2, 0) is 6.54 Å². The fourth-order valence-corrected chi connectivity index (χ4v) is 3.55. The zero-order valence-electron chi connectivity index (χ0n) is 14.2. The molecule has 0 radical (unpaired) electrons. The largest absolute Gasteiger partial charge is 0.497 e. The first kappa shape index (κ1) is 16.5. The maximum atomic E-state index is 9.36. The molecule has 1 fully saturated rings. The van der Waals surface area contributed by atoms with Crippen LogP contribution >= 0.6 is 0 Å². The molecule has 0 amide bonds. The van der Waals surface area contributed by atoms with Crippen molar-refractivity contribution in [3.05, 3.63) is 65.2 Å². The van der Waals surface area contributed by atoms with Crippen LogP contribution in [0.15, 0.2) is 48.5 Å². The summed E-state index contributed by atoms with van der Waals surface area (Å²) in [5.74, 6) is 0.897. The molecule has 2 aromatic rings. The van der Waals surface area contributed by atoms with Gasteiger partial charge in [0.2, 0.25) is 0 Å². The van der Waals surface area contributed by atoms with E-state index in [0.717, 1.165) is 30.0 Å². The van der Waals surface area contributed by atoms with E-state index in [2.05, 4.69) is 29.2 Å². The fourth-order valence-electron chi connectivity index (χ4n) is 3.55. The van der Waals surface area contributed by atoms with Gasteiger partial charge in [-0.2, -0.15) is 5.26 Å². The zero-order valence-corrected chi connectivity index (χ0v) is 14.2. The summed E-state index contributed by atoms with van der Waals surface area (Å²) in [6.07, 6.45) is 4.93. The van der Waals surface area contributed by atoms with Crippen molar-refractivity contribution in [2.75, 3.05) is 13.7 Å². The number of likely N-dealkylation sites (tertiary alicyclic amines) is 1. The molecule has 1 aliphatic heterocycles. The number of nitriles is 1. The molecule has 1 heterocycles. The second-order valence-corrected chi connectivity index (χ2v) is 6.38. The van der Waals surface area contributed by atoms with Crippen LogP contribution in [0.4, 0.5) is 0 Å². The molecular formula is C21H24N2O. The number of benzene rings is 2. The van der Waals surface area contributed by atoms with Crippen molar-refractivity contribution in [1.29, 1.82) is 5.26 Å². The van der Waals surface area contributed by atoms with Gasteiger partial charge in [0.05, 0.1) is 18.7 Å². The van der Waals surface area contributed by atoms with Gasteiger partial charge in [0.15, 0.2) is 0 Å². The average Bonchev–Trinajstić information content (AvgIpc) is 2.88. The number of nitrogens with zero attached hydrogens (tertiary/aromatic N) is 2. The third kappa shape index (κ3) is 3.77. The summed E-state index contributed by atoms with van der Waals surface area (Å²) in [4.78, 5) is 2.53. The summed E-state index contributed by atoms with van der Waals surface area (Å²) < 4.78 is 5.28. The monoisotopic (exact) mass is 320 g/mol. The van der Waals surface area contributed by atoms with E-state index in [-0.39, 0.29) is 0 Å². The molecule has 3 rings (SSSR count). The van der Waals surface area contributed by atoms with E-state index in [1.54, 1.807) is 7.11 Å². The molecule has 1 saturated heterocycles. The molecule has 0 N–H and O–H groups in total. The first-order valence-electron chi connectivity index (χ1n) is 8.68. The molecule has 0 aliphatic carbocycles. The topological polar surface area (TPSA) is 36.3 Å². The van der Waals surface area contributed by atoms with Crippen LogP contribution in [0.25, 0.3) is 0 Å².